The molecule has 0 N–H and O–H groups in total. The molecule has 0 spiro atoms. The fraction of sp³-hybridized carbons (Fsp3) is 0.560. The van der Waals surface area contributed by atoms with E-state index < -0.39 is 5.41 Å². The van der Waals surface area contributed by atoms with E-state index >= 15 is 0 Å². The van der Waals surface area contributed by atoms with Crippen LogP contribution in [0.2, 0.25) is 4.34 Å². The van der Waals surface area contributed by atoms with Crippen LogP contribution in [0, 0.1) is 16.7 Å². The number of carbonyl (C=O) groups is 3. The van der Waals surface area contributed by atoms with Gasteiger partial charge >= 0.3 is 6.03 Å². The minimum Gasteiger partial charge on any atom is -0.378 e. The van der Waals surface area contributed by atoms with Crippen LogP contribution in [0.3, 0.4) is 0 Å². The molecular formula is C25H31ClN6O4S. The van der Waals surface area contributed by atoms with Crippen molar-refractivity contribution in [3.05, 3.63) is 32.6 Å². The quantitative estimate of drug-likeness (QED) is 0.570. The lowest BCUT2D eigenvalue weighted by Gasteiger charge is -2.36. The van der Waals surface area contributed by atoms with E-state index in [1.807, 2.05) is 17.0 Å². The van der Waals surface area contributed by atoms with Gasteiger partial charge in [-0.2, -0.15) is 15.0 Å². The zero-order chi connectivity index (χ0) is 26.9. The van der Waals surface area contributed by atoms with Crippen LogP contribution in [0.15, 0.2) is 12.1 Å². The SMILES string of the molecule is CN(Cc1ccc(Cl)s1)c1c(C#N)c(C2CCC(=O)N(C(=O)N3CCOCC3)C2)nn1C(=O)C(C)(C)C. The van der Waals surface area contributed by atoms with Crippen LogP contribution in [0.1, 0.15) is 60.5 Å². The molecule has 3 amide bonds. The number of likely N-dealkylation sites (tertiary alicyclic amines) is 1. The number of amides is 3. The molecule has 10 nitrogen and oxygen atoms in total. The van der Waals surface area contributed by atoms with Gasteiger partial charge in [-0.15, -0.1) is 11.3 Å². The third-order valence-corrected chi connectivity index (χ3v) is 7.74. The molecule has 2 aromatic rings. The molecule has 4 heterocycles. The maximum Gasteiger partial charge on any atom is 0.326 e. The summed E-state index contributed by atoms with van der Waals surface area (Å²) in [6.45, 7) is 7.64. The smallest absolute Gasteiger partial charge is 0.326 e. The van der Waals surface area contributed by atoms with Gasteiger partial charge in [0.1, 0.15) is 11.6 Å². The normalized spacial score (nSPS) is 18.6. The van der Waals surface area contributed by atoms with Crippen molar-refractivity contribution >= 4 is 46.6 Å². The molecule has 198 valence electrons. The van der Waals surface area contributed by atoms with Crippen molar-refractivity contribution in [3.8, 4) is 6.07 Å². The maximum atomic E-state index is 13.5. The molecule has 2 saturated heterocycles. The molecule has 2 aliphatic heterocycles. The summed E-state index contributed by atoms with van der Waals surface area (Å²) in [5.74, 6) is -0.475. The summed E-state index contributed by atoms with van der Waals surface area (Å²) in [5.41, 5.74) is -0.0436. The van der Waals surface area contributed by atoms with Crippen molar-refractivity contribution in [1.82, 2.24) is 19.6 Å². The molecule has 0 aliphatic carbocycles. The molecule has 4 rings (SSSR count). The van der Waals surface area contributed by atoms with Crippen molar-refractivity contribution in [2.24, 2.45) is 5.41 Å². The predicted molar refractivity (Wildman–Crippen MR) is 140 cm³/mol. The van der Waals surface area contributed by atoms with Crippen LogP contribution in [-0.2, 0) is 16.1 Å². The Balaban J connectivity index is 1.70. The number of piperidine rings is 1. The summed E-state index contributed by atoms with van der Waals surface area (Å²) in [6.07, 6.45) is 0.593. The number of nitriles is 1. The Bertz CT molecular complexity index is 1240. The zero-order valence-corrected chi connectivity index (χ0v) is 23.1. The highest BCUT2D eigenvalue weighted by molar-refractivity contribution is 7.16. The van der Waals surface area contributed by atoms with Crippen LogP contribution < -0.4 is 4.90 Å². The number of rotatable bonds is 4. The summed E-state index contributed by atoms with van der Waals surface area (Å²) < 4.78 is 7.29. The Labute approximate surface area is 225 Å². The Morgan fingerprint density at radius 2 is 2.00 bits per heavy atom. The molecule has 1 unspecified atom stereocenters. The number of carbonyl (C=O) groups excluding carboxylic acids is 3. The Hall–Kier alpha value is -2.94. The molecule has 1 atom stereocenters. The molecule has 2 fully saturated rings. The van der Waals surface area contributed by atoms with Crippen molar-refractivity contribution in [2.75, 3.05) is 44.8 Å². The average Bonchev–Trinajstić information content (AvgIpc) is 3.46. The van der Waals surface area contributed by atoms with Gasteiger partial charge in [-0.3, -0.25) is 14.5 Å². The van der Waals surface area contributed by atoms with Crippen LogP contribution >= 0.6 is 22.9 Å². The zero-order valence-electron chi connectivity index (χ0n) is 21.5. The van der Waals surface area contributed by atoms with Crippen LogP contribution in [-0.4, -0.2) is 77.3 Å². The molecule has 0 aromatic carbocycles. The molecule has 2 aliphatic rings. The first kappa shape index (κ1) is 27.1. The van der Waals surface area contributed by atoms with Crippen molar-refractivity contribution in [3.63, 3.8) is 0 Å². The van der Waals surface area contributed by atoms with E-state index in [0.717, 1.165) is 4.88 Å². The van der Waals surface area contributed by atoms with Gasteiger partial charge < -0.3 is 14.5 Å². The summed E-state index contributed by atoms with van der Waals surface area (Å²) in [4.78, 5) is 45.0. The van der Waals surface area contributed by atoms with Gasteiger partial charge in [0, 0.05) is 49.3 Å². The second-order valence-corrected chi connectivity index (χ2v) is 12.1. The summed E-state index contributed by atoms with van der Waals surface area (Å²) >= 11 is 7.54. The number of urea groups is 1. The average molecular weight is 547 g/mol. The lowest BCUT2D eigenvalue weighted by Crippen LogP contribution is -2.52. The van der Waals surface area contributed by atoms with E-state index in [1.165, 1.54) is 20.9 Å². The molecule has 2 aromatic heterocycles. The number of hydrogen-bond acceptors (Lipinski definition) is 8. The molecule has 0 saturated carbocycles. The Morgan fingerprint density at radius 3 is 2.59 bits per heavy atom. The Morgan fingerprint density at radius 1 is 1.30 bits per heavy atom. The number of imide groups is 1. The second kappa shape index (κ2) is 10.8. The second-order valence-electron chi connectivity index (χ2n) is 10.3. The highest BCUT2D eigenvalue weighted by Crippen LogP contribution is 2.36. The molecule has 37 heavy (non-hydrogen) atoms. The van der Waals surface area contributed by atoms with E-state index in [-0.39, 0.29) is 42.3 Å². The third-order valence-electron chi connectivity index (χ3n) is 6.53. The van der Waals surface area contributed by atoms with Gasteiger partial charge in [0.25, 0.3) is 5.91 Å². The number of nitrogens with zero attached hydrogens (tertiary/aromatic N) is 6. The monoisotopic (exact) mass is 546 g/mol. The summed E-state index contributed by atoms with van der Waals surface area (Å²) in [6, 6.07) is 5.63. The van der Waals surface area contributed by atoms with Crippen molar-refractivity contribution in [1.29, 1.82) is 5.26 Å². The number of halogens is 1. The number of anilines is 1. The van der Waals surface area contributed by atoms with Crippen molar-refractivity contribution in [2.45, 2.75) is 46.1 Å². The molecule has 0 bridgehead atoms. The summed E-state index contributed by atoms with van der Waals surface area (Å²) in [7, 11) is 1.81. The first-order valence-corrected chi connectivity index (χ1v) is 13.4. The fourth-order valence-corrected chi connectivity index (χ4v) is 5.70. The topological polar surface area (TPSA) is 112 Å². The van der Waals surface area contributed by atoms with E-state index in [2.05, 4.69) is 11.2 Å². The van der Waals surface area contributed by atoms with E-state index in [4.69, 9.17) is 16.3 Å². The molecule has 0 radical (unpaired) electrons. The first-order valence-electron chi connectivity index (χ1n) is 12.2. The first-order chi connectivity index (χ1) is 17.5. The van der Waals surface area contributed by atoms with Gasteiger partial charge in [0.2, 0.25) is 5.91 Å². The lowest BCUT2D eigenvalue weighted by atomic mass is 9.92. The van der Waals surface area contributed by atoms with Crippen LogP contribution in [0.5, 0.6) is 0 Å². The standard InChI is InChI=1S/C25H31ClN6O4S/c1-25(2,3)23(34)32-22(29(4)15-17-6-7-19(26)37-17)18(13-27)21(28-32)16-5-8-20(33)31(14-16)24(35)30-9-11-36-12-10-30/h6-7,16H,5,8-12,14-15H2,1-4H3. The highest BCUT2D eigenvalue weighted by Gasteiger charge is 2.39. The van der Waals surface area contributed by atoms with E-state index in [1.54, 1.807) is 32.7 Å². The maximum absolute atomic E-state index is 13.5. The minimum absolute atomic E-state index is 0.105. The predicted octanol–water partition coefficient (Wildman–Crippen LogP) is 3.95. The van der Waals surface area contributed by atoms with Gasteiger partial charge in [-0.05, 0) is 18.6 Å². The fourth-order valence-electron chi connectivity index (χ4n) is 4.56. The van der Waals surface area contributed by atoms with E-state index in [9.17, 15) is 19.6 Å². The number of thiophene rings is 1. The van der Waals surface area contributed by atoms with Gasteiger partial charge in [-0.1, -0.05) is 32.4 Å². The lowest BCUT2D eigenvalue weighted by molar-refractivity contribution is -0.131. The third kappa shape index (κ3) is 5.66. The number of hydrogen-bond donors (Lipinski definition) is 0. The van der Waals surface area contributed by atoms with Crippen LogP contribution in [0.4, 0.5) is 10.6 Å². The Kier molecular flexibility index (Phi) is 7.92. The highest BCUT2D eigenvalue weighted by atomic mass is 35.5. The number of aromatic nitrogens is 2. The van der Waals surface area contributed by atoms with Crippen LogP contribution in [0.25, 0.3) is 0 Å². The van der Waals surface area contributed by atoms with Gasteiger partial charge in [-0.25, -0.2) is 4.79 Å². The largest absolute Gasteiger partial charge is 0.378 e. The molecule has 12 heteroatoms. The number of ether oxygens (including phenoxy) is 1. The minimum atomic E-state index is -0.751. The van der Waals surface area contributed by atoms with E-state index in [0.29, 0.717) is 55.1 Å². The van der Waals surface area contributed by atoms with Gasteiger partial charge in [0.05, 0.1) is 29.8 Å². The summed E-state index contributed by atoms with van der Waals surface area (Å²) in [5, 5.41) is 14.9. The van der Waals surface area contributed by atoms with Crippen molar-refractivity contribution < 1.29 is 19.1 Å². The number of morpholine rings is 1. The van der Waals surface area contributed by atoms with Gasteiger partial charge in [0.15, 0.2) is 5.82 Å². The molecular weight excluding hydrogens is 516 g/mol.